The minimum Gasteiger partial charge on any atom is -0.0648 e. The quantitative estimate of drug-likeness (QED) is 0.194. The summed E-state index contributed by atoms with van der Waals surface area (Å²) >= 11 is 0. The fourth-order valence-corrected chi connectivity index (χ4v) is 5.81. The van der Waals surface area contributed by atoms with Gasteiger partial charge in [0.2, 0.25) is 0 Å². The van der Waals surface area contributed by atoms with Crippen molar-refractivity contribution in [1.82, 2.24) is 0 Å². The lowest BCUT2D eigenvalue weighted by atomic mass is 9.74. The highest BCUT2D eigenvalue weighted by molar-refractivity contribution is 6.33. The third-order valence-corrected chi connectivity index (χ3v) is 8.01. The van der Waals surface area contributed by atoms with Crippen molar-refractivity contribution in [2.75, 3.05) is 0 Å². The second-order valence-corrected chi connectivity index (χ2v) is 10.2. The molecule has 0 aromatic heterocycles. The summed E-state index contributed by atoms with van der Waals surface area (Å²) in [5, 5.41) is 10.9. The van der Waals surface area contributed by atoms with E-state index in [-0.39, 0.29) is 5.41 Å². The van der Waals surface area contributed by atoms with Gasteiger partial charge < -0.3 is 0 Å². The molecule has 6 rings (SSSR count). The predicted molar refractivity (Wildman–Crippen MR) is 145 cm³/mol. The smallest absolute Gasteiger partial charge is 0.0152 e. The standard InChI is InChI=1S/C33H30/c1-5-21(2)22-15-17-24(18-16-22)33(3,4)30-20-19-28-26-12-7-10-23-9-6-11-25(31(23)26)27-13-8-14-29(30)32(27)28/h6-21H,5H2,1-4H3. The van der Waals surface area contributed by atoms with Crippen LogP contribution in [0.1, 0.15) is 56.7 Å². The molecule has 0 saturated heterocycles. The largest absolute Gasteiger partial charge is 0.0648 e. The van der Waals surface area contributed by atoms with Gasteiger partial charge in [-0.1, -0.05) is 119 Å². The summed E-state index contributed by atoms with van der Waals surface area (Å²) in [7, 11) is 0. The highest BCUT2D eigenvalue weighted by atomic mass is 14.3. The first-order chi connectivity index (χ1) is 16.0. The van der Waals surface area contributed by atoms with Gasteiger partial charge in [-0.05, 0) is 72.1 Å². The van der Waals surface area contributed by atoms with Crippen LogP contribution < -0.4 is 0 Å². The van der Waals surface area contributed by atoms with E-state index in [2.05, 4.69) is 119 Å². The average Bonchev–Trinajstić information content (AvgIpc) is 2.86. The van der Waals surface area contributed by atoms with E-state index in [0.29, 0.717) is 5.92 Å². The fourth-order valence-electron chi connectivity index (χ4n) is 5.81. The van der Waals surface area contributed by atoms with Gasteiger partial charge in [-0.15, -0.1) is 0 Å². The van der Waals surface area contributed by atoms with E-state index in [1.807, 2.05) is 0 Å². The number of hydrogen-bond acceptors (Lipinski definition) is 0. The van der Waals surface area contributed by atoms with Crippen LogP contribution in [0, 0.1) is 0 Å². The maximum absolute atomic E-state index is 2.37. The Morgan fingerprint density at radius 3 is 1.79 bits per heavy atom. The molecule has 0 nitrogen and oxygen atoms in total. The van der Waals surface area contributed by atoms with Gasteiger partial charge in [-0.2, -0.15) is 0 Å². The van der Waals surface area contributed by atoms with Crippen LogP contribution in [-0.2, 0) is 5.41 Å². The SMILES string of the molecule is CCC(C)c1ccc(C(C)(C)c2ccc3c4cccc5cccc(c6cccc2c63)c54)cc1. The number of benzene rings is 6. The Labute approximate surface area is 196 Å². The third kappa shape index (κ3) is 2.90. The van der Waals surface area contributed by atoms with E-state index in [1.165, 1.54) is 66.2 Å². The van der Waals surface area contributed by atoms with Crippen LogP contribution in [0.4, 0.5) is 0 Å². The molecule has 6 aromatic rings. The Bertz CT molecular complexity index is 1570. The van der Waals surface area contributed by atoms with Crippen molar-refractivity contribution in [3.8, 4) is 0 Å². The molecule has 0 aliphatic carbocycles. The maximum Gasteiger partial charge on any atom is 0.0152 e. The summed E-state index contributed by atoms with van der Waals surface area (Å²) < 4.78 is 0. The second-order valence-electron chi connectivity index (χ2n) is 10.2. The Morgan fingerprint density at radius 2 is 1.15 bits per heavy atom. The molecule has 0 saturated carbocycles. The van der Waals surface area contributed by atoms with Crippen molar-refractivity contribution >= 4 is 43.1 Å². The molecule has 0 amide bonds. The van der Waals surface area contributed by atoms with Crippen LogP contribution in [-0.4, -0.2) is 0 Å². The van der Waals surface area contributed by atoms with E-state index >= 15 is 0 Å². The molecule has 0 heterocycles. The zero-order chi connectivity index (χ0) is 22.7. The topological polar surface area (TPSA) is 0 Å². The van der Waals surface area contributed by atoms with Crippen molar-refractivity contribution < 1.29 is 0 Å². The normalized spacial score (nSPS) is 13.5. The molecular weight excluding hydrogens is 396 g/mol. The minimum atomic E-state index is -0.0892. The molecule has 0 radical (unpaired) electrons. The third-order valence-electron chi connectivity index (χ3n) is 8.01. The van der Waals surface area contributed by atoms with Gasteiger partial charge in [0.1, 0.15) is 0 Å². The zero-order valence-corrected chi connectivity index (χ0v) is 19.9. The Kier molecular flexibility index (Phi) is 4.49. The van der Waals surface area contributed by atoms with Gasteiger partial charge >= 0.3 is 0 Å². The summed E-state index contributed by atoms with van der Waals surface area (Å²) in [6.45, 7) is 9.31. The molecule has 0 N–H and O–H groups in total. The monoisotopic (exact) mass is 426 g/mol. The van der Waals surface area contributed by atoms with E-state index in [9.17, 15) is 0 Å². The molecule has 0 bridgehead atoms. The van der Waals surface area contributed by atoms with Gasteiger partial charge in [0.05, 0.1) is 0 Å². The van der Waals surface area contributed by atoms with Gasteiger partial charge in [0, 0.05) is 5.41 Å². The van der Waals surface area contributed by atoms with Crippen LogP contribution in [0.5, 0.6) is 0 Å². The van der Waals surface area contributed by atoms with Gasteiger partial charge in [-0.3, -0.25) is 0 Å². The molecule has 1 atom stereocenters. The van der Waals surface area contributed by atoms with Gasteiger partial charge in [-0.25, -0.2) is 0 Å². The van der Waals surface area contributed by atoms with E-state index in [1.54, 1.807) is 0 Å². The van der Waals surface area contributed by atoms with Crippen molar-refractivity contribution in [3.05, 3.63) is 108 Å². The molecule has 0 spiro atoms. The van der Waals surface area contributed by atoms with Crippen molar-refractivity contribution in [3.63, 3.8) is 0 Å². The van der Waals surface area contributed by atoms with E-state index < -0.39 is 0 Å². The Balaban J connectivity index is 1.64. The van der Waals surface area contributed by atoms with Crippen LogP contribution >= 0.6 is 0 Å². The summed E-state index contributed by atoms with van der Waals surface area (Å²) in [4.78, 5) is 0. The fraction of sp³-hybridized carbons (Fsp3) is 0.212. The highest BCUT2D eigenvalue weighted by Crippen LogP contribution is 2.44. The van der Waals surface area contributed by atoms with E-state index in [0.717, 1.165) is 0 Å². The first-order valence-corrected chi connectivity index (χ1v) is 12.2. The molecule has 162 valence electrons. The summed E-state index contributed by atoms with van der Waals surface area (Å²) in [5.74, 6) is 0.602. The van der Waals surface area contributed by atoms with Crippen molar-refractivity contribution in [1.29, 1.82) is 0 Å². The summed E-state index contributed by atoms with van der Waals surface area (Å²) in [6, 6.07) is 34.3. The zero-order valence-electron chi connectivity index (χ0n) is 19.9. The van der Waals surface area contributed by atoms with Crippen LogP contribution in [0.2, 0.25) is 0 Å². The van der Waals surface area contributed by atoms with Crippen LogP contribution in [0.15, 0.2) is 91.0 Å². The van der Waals surface area contributed by atoms with Crippen molar-refractivity contribution in [2.45, 2.75) is 45.4 Å². The lowest BCUT2D eigenvalue weighted by molar-refractivity contribution is 0.645. The molecule has 0 aliphatic heterocycles. The molecule has 0 fully saturated rings. The maximum atomic E-state index is 2.37. The number of hydrogen-bond donors (Lipinski definition) is 0. The molecule has 0 aliphatic rings. The van der Waals surface area contributed by atoms with Gasteiger partial charge in [0.25, 0.3) is 0 Å². The molecular formula is C33H30. The predicted octanol–water partition coefficient (Wildman–Crippen LogP) is 9.58. The first-order valence-electron chi connectivity index (χ1n) is 12.2. The van der Waals surface area contributed by atoms with Crippen LogP contribution in [0.3, 0.4) is 0 Å². The number of rotatable bonds is 4. The first kappa shape index (κ1) is 20.2. The minimum absolute atomic E-state index is 0.0892. The lowest BCUT2D eigenvalue weighted by Gasteiger charge is -2.29. The molecule has 0 heteroatoms. The lowest BCUT2D eigenvalue weighted by Crippen LogP contribution is -2.19. The average molecular weight is 427 g/mol. The summed E-state index contributed by atoms with van der Waals surface area (Å²) in [5.41, 5.74) is 4.10. The van der Waals surface area contributed by atoms with Crippen molar-refractivity contribution in [2.24, 2.45) is 0 Å². The summed E-state index contributed by atoms with van der Waals surface area (Å²) in [6.07, 6.45) is 1.17. The van der Waals surface area contributed by atoms with E-state index in [4.69, 9.17) is 0 Å². The Morgan fingerprint density at radius 1 is 0.606 bits per heavy atom. The molecule has 6 aromatic carbocycles. The second kappa shape index (κ2) is 7.32. The highest BCUT2D eigenvalue weighted by Gasteiger charge is 2.26. The number of fused-ring (bicyclic) bond motifs is 2. The van der Waals surface area contributed by atoms with Crippen LogP contribution in [0.25, 0.3) is 43.1 Å². The molecule has 1 unspecified atom stereocenters. The van der Waals surface area contributed by atoms with Gasteiger partial charge in [0.15, 0.2) is 0 Å². The molecule has 33 heavy (non-hydrogen) atoms. The Hall–Kier alpha value is -3.38.